The zero-order valence-electron chi connectivity index (χ0n) is 34.8. The molecule has 0 bridgehead atoms. The van der Waals surface area contributed by atoms with Gasteiger partial charge in [-0.25, -0.2) is 14.1 Å². The molecule has 3 aromatic carbocycles. The van der Waals surface area contributed by atoms with E-state index < -0.39 is 32.7 Å². The minimum absolute atomic E-state index is 0.0575. The number of ether oxygens (including phenoxy) is 1. The van der Waals surface area contributed by atoms with Crippen LogP contribution >= 0.6 is 0 Å². The molecule has 0 fully saturated rings. The number of amides is 3. The zero-order valence-corrected chi connectivity index (χ0v) is 35.8. The minimum Gasteiger partial charge on any atom is -0.444 e. The summed E-state index contributed by atoms with van der Waals surface area (Å²) in [5, 5.41) is 2.66. The van der Waals surface area contributed by atoms with Crippen molar-refractivity contribution in [2.45, 2.75) is 125 Å². The van der Waals surface area contributed by atoms with Gasteiger partial charge in [-0.05, 0) is 115 Å². The van der Waals surface area contributed by atoms with Crippen molar-refractivity contribution in [2.24, 2.45) is 11.8 Å². The first-order valence-corrected chi connectivity index (χ1v) is 22.6. The average molecular weight is 784 g/mol. The molecule has 0 saturated heterocycles. The van der Waals surface area contributed by atoms with E-state index in [0.717, 1.165) is 33.4 Å². The lowest BCUT2D eigenvalue weighted by molar-refractivity contribution is -0.130. The summed E-state index contributed by atoms with van der Waals surface area (Å²) in [7, 11) is -2.59. The molecule has 0 saturated carbocycles. The van der Waals surface area contributed by atoms with Gasteiger partial charge in [0.05, 0.1) is 23.3 Å². The summed E-state index contributed by atoms with van der Waals surface area (Å²) in [6, 6.07) is 16.0. The Morgan fingerprint density at radius 1 is 0.946 bits per heavy atom. The second-order valence-corrected chi connectivity index (χ2v) is 22.0. The van der Waals surface area contributed by atoms with Crippen LogP contribution in [0.15, 0.2) is 66.9 Å². The molecule has 2 aliphatic rings. The highest BCUT2D eigenvalue weighted by molar-refractivity contribution is 6.74. The quantitative estimate of drug-likeness (QED) is 0.184. The summed E-state index contributed by atoms with van der Waals surface area (Å²) in [5.41, 5.74) is 5.72. The number of rotatable bonds is 12. The van der Waals surface area contributed by atoms with Crippen LogP contribution in [0.4, 0.5) is 14.9 Å². The Bertz CT molecular complexity index is 1990. The van der Waals surface area contributed by atoms with Crippen LogP contribution in [0, 0.1) is 31.5 Å². The molecule has 3 aromatic rings. The Balaban J connectivity index is 1.42. The van der Waals surface area contributed by atoms with E-state index in [1.165, 1.54) is 17.0 Å². The van der Waals surface area contributed by atoms with Gasteiger partial charge in [0.1, 0.15) is 12.4 Å². The lowest BCUT2D eigenvalue weighted by Crippen LogP contribution is -2.57. The molecule has 0 aromatic heterocycles. The number of anilines is 1. The van der Waals surface area contributed by atoms with Crippen molar-refractivity contribution >= 4 is 43.3 Å². The number of aryl methyl sites for hydroxylation is 2. The number of carbonyl (C=O) groups is 4. The largest absolute Gasteiger partial charge is 0.444 e. The number of carbonyl (C=O) groups excluding carboxylic acids is 4. The second kappa shape index (κ2) is 16.9. The van der Waals surface area contributed by atoms with E-state index >= 15 is 0 Å². The molecular formula is C45H58FN3O6Si. The summed E-state index contributed by atoms with van der Waals surface area (Å²) in [4.78, 5) is 58.0. The highest BCUT2D eigenvalue weighted by Gasteiger charge is 2.50. The van der Waals surface area contributed by atoms with Crippen molar-refractivity contribution in [1.82, 2.24) is 10.2 Å². The first kappa shape index (κ1) is 42.5. The van der Waals surface area contributed by atoms with Crippen LogP contribution in [0.3, 0.4) is 0 Å². The topological polar surface area (TPSA) is 105 Å². The molecule has 9 nitrogen and oxygen atoms in total. The van der Waals surface area contributed by atoms with Crippen molar-refractivity contribution < 1.29 is 32.7 Å². The van der Waals surface area contributed by atoms with E-state index in [1.807, 2.05) is 77.2 Å². The Morgan fingerprint density at radius 2 is 1.55 bits per heavy atom. The molecule has 0 radical (unpaired) electrons. The smallest absolute Gasteiger partial charge is 0.416 e. The Hall–Kier alpha value is -4.61. The monoisotopic (exact) mass is 783 g/mol. The van der Waals surface area contributed by atoms with Gasteiger partial charge in [-0.3, -0.25) is 14.4 Å². The molecule has 3 amide bonds. The fraction of sp³-hybridized carbons (Fsp3) is 0.467. The molecule has 1 N–H and O–H groups in total. The van der Waals surface area contributed by atoms with Crippen LogP contribution in [-0.4, -0.2) is 55.2 Å². The van der Waals surface area contributed by atoms with Gasteiger partial charge < -0.3 is 19.4 Å². The summed E-state index contributed by atoms with van der Waals surface area (Å²) in [6.07, 6.45) is 1.50. The van der Waals surface area contributed by atoms with E-state index in [1.54, 1.807) is 24.0 Å². The first-order valence-electron chi connectivity index (χ1n) is 19.7. The molecule has 5 rings (SSSR count). The number of benzene rings is 3. The average Bonchev–Trinajstić information content (AvgIpc) is 3.54. The van der Waals surface area contributed by atoms with Gasteiger partial charge >= 0.3 is 6.09 Å². The number of halogens is 1. The number of hydrogen-bond donors (Lipinski definition) is 1. The third kappa shape index (κ3) is 9.15. The summed E-state index contributed by atoms with van der Waals surface area (Å²) >= 11 is 0. The predicted molar refractivity (Wildman–Crippen MR) is 221 cm³/mol. The van der Waals surface area contributed by atoms with Gasteiger partial charge in [-0.2, -0.15) is 0 Å². The number of Topliss-reactive ketones (excluding diaryl/α,β-unsaturated/α-hetero) is 1. The minimum atomic E-state index is -2.59. The second-order valence-electron chi connectivity index (χ2n) is 17.2. The lowest BCUT2D eigenvalue weighted by Gasteiger charge is -2.44. The third-order valence-corrected chi connectivity index (χ3v) is 16.3. The zero-order chi connectivity index (χ0) is 41.3. The van der Waals surface area contributed by atoms with Crippen LogP contribution < -0.4 is 10.2 Å². The Morgan fingerprint density at radius 3 is 2.14 bits per heavy atom. The standard InChI is InChI=1S/C45H58FN3O6Si/c1-12-36(27(2)3)41(51)47-30(6)40(50)23-31-13-15-32(16-14-31)26-54-44(53)49-38-22-29(5)28(4)21-37(38)42(52)48-25-34(33-17-19-35(46)20-18-33)24-39(48)43(49)55-56(10,11)45(7,8)9/h13-22,25,27,30,36,39,43H,12,23-24,26H2,1-11H3,(H,47,51)/t30-,36-,39-,43-/m0/s1. The number of nitrogens with one attached hydrogen (secondary N) is 1. The van der Waals surface area contributed by atoms with Gasteiger partial charge in [0.15, 0.2) is 20.3 Å². The lowest BCUT2D eigenvalue weighted by atomic mass is 9.92. The fourth-order valence-electron chi connectivity index (χ4n) is 7.06. The van der Waals surface area contributed by atoms with Crippen molar-refractivity contribution in [3.8, 4) is 0 Å². The normalized spacial score (nSPS) is 18.2. The van der Waals surface area contributed by atoms with Crippen molar-refractivity contribution in [2.75, 3.05) is 4.90 Å². The molecule has 2 heterocycles. The van der Waals surface area contributed by atoms with Gasteiger partial charge in [0.2, 0.25) is 5.91 Å². The molecule has 2 aliphatic heterocycles. The molecular weight excluding hydrogens is 726 g/mol. The highest BCUT2D eigenvalue weighted by atomic mass is 28.4. The number of nitrogens with zero attached hydrogens (tertiary/aromatic N) is 2. The van der Waals surface area contributed by atoms with E-state index in [0.29, 0.717) is 24.1 Å². The molecule has 0 unspecified atom stereocenters. The van der Waals surface area contributed by atoms with E-state index in [2.05, 4.69) is 39.2 Å². The Labute approximate surface area is 332 Å². The predicted octanol–water partition coefficient (Wildman–Crippen LogP) is 9.50. The number of ketones is 1. The molecule has 4 atom stereocenters. The van der Waals surface area contributed by atoms with E-state index in [9.17, 15) is 23.6 Å². The first-order chi connectivity index (χ1) is 26.2. The van der Waals surface area contributed by atoms with Gasteiger partial charge in [0, 0.05) is 18.5 Å². The van der Waals surface area contributed by atoms with Crippen LogP contribution in [0.2, 0.25) is 18.1 Å². The van der Waals surface area contributed by atoms with Gasteiger partial charge in [0.25, 0.3) is 5.91 Å². The molecule has 0 spiro atoms. The van der Waals surface area contributed by atoms with Crippen molar-refractivity contribution in [1.29, 1.82) is 0 Å². The molecule has 300 valence electrons. The van der Waals surface area contributed by atoms with Crippen molar-refractivity contribution in [3.63, 3.8) is 0 Å². The SMILES string of the molecule is CC[C@H](C(=O)N[C@@H](C)C(=O)Cc1ccc(COC(=O)N2c3cc(C)c(C)cc3C(=O)N3C=C(c4ccc(F)cc4)C[C@H]3[C@@H]2O[Si](C)(C)C(C)(C)C)cc1)C(C)C. The molecule has 0 aliphatic carbocycles. The van der Waals surface area contributed by atoms with E-state index in [4.69, 9.17) is 9.16 Å². The number of fused-ring (bicyclic) bond motifs is 2. The maximum Gasteiger partial charge on any atom is 0.416 e. The van der Waals surface area contributed by atoms with Crippen LogP contribution in [0.5, 0.6) is 0 Å². The third-order valence-electron chi connectivity index (χ3n) is 11.8. The van der Waals surface area contributed by atoms with Crippen LogP contribution in [0.25, 0.3) is 5.57 Å². The maximum absolute atomic E-state index is 14.6. The molecule has 11 heteroatoms. The number of hydrogen-bond acceptors (Lipinski definition) is 6. The van der Waals surface area contributed by atoms with Gasteiger partial charge in [-0.15, -0.1) is 0 Å². The highest BCUT2D eigenvalue weighted by Crippen LogP contribution is 2.45. The summed E-state index contributed by atoms with van der Waals surface area (Å²) in [6.45, 7) is 22.1. The van der Waals surface area contributed by atoms with Crippen LogP contribution in [-0.2, 0) is 31.8 Å². The Kier molecular flexibility index (Phi) is 12.8. The van der Waals surface area contributed by atoms with Gasteiger partial charge in [-0.1, -0.05) is 77.9 Å². The molecule has 56 heavy (non-hydrogen) atoms. The van der Waals surface area contributed by atoms with E-state index in [-0.39, 0.29) is 53.3 Å². The van der Waals surface area contributed by atoms with Crippen LogP contribution in [0.1, 0.15) is 99.5 Å². The summed E-state index contributed by atoms with van der Waals surface area (Å²) < 4.78 is 27.1. The maximum atomic E-state index is 14.6. The summed E-state index contributed by atoms with van der Waals surface area (Å²) in [5.74, 6) is -0.777. The van der Waals surface area contributed by atoms with Crippen molar-refractivity contribution in [3.05, 3.63) is 106 Å². The fourth-order valence-corrected chi connectivity index (χ4v) is 8.28.